The Morgan fingerprint density at radius 2 is 1.93 bits per heavy atom. The number of nitrogens with zero attached hydrogens (tertiary/aromatic N) is 3. The Morgan fingerprint density at radius 3 is 2.72 bits per heavy atom. The molecule has 0 aliphatic carbocycles. The molecule has 46 heavy (non-hydrogen) atoms. The number of carbonyl (C=O) groups excluding carboxylic acids is 2. The zero-order valence-electron chi connectivity index (χ0n) is 25.6. The van der Waals surface area contributed by atoms with Crippen molar-refractivity contribution in [3.05, 3.63) is 106 Å². The monoisotopic (exact) mass is 622 g/mol. The summed E-state index contributed by atoms with van der Waals surface area (Å²) in [7, 11) is 1.28. The number of hydrazone groups is 1. The highest BCUT2D eigenvalue weighted by Gasteiger charge is 2.32. The van der Waals surface area contributed by atoms with Gasteiger partial charge in [0.25, 0.3) is 0 Å². The van der Waals surface area contributed by atoms with Crippen LogP contribution >= 0.6 is 0 Å². The zero-order valence-corrected chi connectivity index (χ0v) is 25.6. The van der Waals surface area contributed by atoms with Gasteiger partial charge in [0.2, 0.25) is 0 Å². The van der Waals surface area contributed by atoms with Gasteiger partial charge in [0.15, 0.2) is 17.7 Å². The molecule has 3 aromatic carbocycles. The number of para-hydroxylation sites is 1. The van der Waals surface area contributed by atoms with E-state index in [4.69, 9.17) is 14.2 Å². The molecule has 0 saturated carbocycles. The summed E-state index contributed by atoms with van der Waals surface area (Å²) in [4.78, 5) is 24.7. The summed E-state index contributed by atoms with van der Waals surface area (Å²) in [6.07, 6.45) is 2.43. The molecule has 0 unspecified atom stereocenters. The van der Waals surface area contributed by atoms with Crippen LogP contribution in [0.25, 0.3) is 10.9 Å². The first-order chi connectivity index (χ1) is 22.3. The molecule has 1 aliphatic heterocycles. The minimum Gasteiger partial charge on any atom is -0.490 e. The fraction of sp³-hybridized carbons (Fsp3) is 0.235. The van der Waals surface area contributed by atoms with Gasteiger partial charge in [-0.2, -0.15) is 10.4 Å². The highest BCUT2D eigenvalue weighted by molar-refractivity contribution is 5.99. The number of nitriles is 1. The number of aliphatic hydroxyl groups is 1. The van der Waals surface area contributed by atoms with Crippen molar-refractivity contribution in [1.82, 2.24) is 20.6 Å². The van der Waals surface area contributed by atoms with E-state index in [1.54, 1.807) is 37.4 Å². The standard InChI is InChI=1S/C34H34N6O6/c1-4-45-29-15-22(32-31(33(42)44-3)21(2)37-34(43)38-32)13-14-28(29)46-20-30(41)39-36-17-25-19-40(27-12-8-7-11-26(25)27)18-24-10-6-5-9-23(24)16-35/h5-15,17,19,30,32,39,41H,4,18,20H2,1-3H3,(H2,37,38,43)/b36-17-/t30-,32+/m1/s1. The summed E-state index contributed by atoms with van der Waals surface area (Å²) < 4.78 is 18.6. The smallest absolute Gasteiger partial charge is 0.337 e. The lowest BCUT2D eigenvalue weighted by Gasteiger charge is -2.28. The number of allylic oxidation sites excluding steroid dienone is 1. The minimum absolute atomic E-state index is 0.153. The van der Waals surface area contributed by atoms with Crippen LogP contribution in [0.4, 0.5) is 4.79 Å². The van der Waals surface area contributed by atoms with Gasteiger partial charge in [0, 0.05) is 34.9 Å². The van der Waals surface area contributed by atoms with Gasteiger partial charge in [-0.25, -0.2) is 9.59 Å². The number of fused-ring (bicyclic) bond motifs is 1. The van der Waals surface area contributed by atoms with E-state index in [9.17, 15) is 20.0 Å². The number of nitrogens with one attached hydrogen (secondary N) is 3. The number of methoxy groups -OCH3 is 1. The molecule has 12 heteroatoms. The average Bonchev–Trinajstić information content (AvgIpc) is 3.40. The summed E-state index contributed by atoms with van der Waals surface area (Å²) in [5, 5.41) is 30.6. The Labute approximate surface area is 265 Å². The molecule has 0 bridgehead atoms. The van der Waals surface area contributed by atoms with Crippen LogP contribution in [-0.4, -0.2) is 54.4 Å². The third-order valence-electron chi connectivity index (χ3n) is 7.40. The fourth-order valence-corrected chi connectivity index (χ4v) is 5.27. The van der Waals surface area contributed by atoms with Crippen LogP contribution in [0.1, 0.15) is 42.1 Å². The van der Waals surface area contributed by atoms with E-state index < -0.39 is 24.3 Å². The molecule has 1 aliphatic rings. The number of urea groups is 1. The molecule has 0 fully saturated rings. The van der Waals surface area contributed by atoms with Crippen LogP contribution in [-0.2, 0) is 16.1 Å². The molecule has 2 heterocycles. The predicted molar refractivity (Wildman–Crippen MR) is 171 cm³/mol. The maximum absolute atomic E-state index is 12.5. The molecule has 236 valence electrons. The molecule has 0 radical (unpaired) electrons. The molecule has 2 atom stereocenters. The predicted octanol–water partition coefficient (Wildman–Crippen LogP) is 4.08. The van der Waals surface area contributed by atoms with Crippen molar-refractivity contribution in [2.45, 2.75) is 32.7 Å². The Kier molecular flexibility index (Phi) is 9.84. The van der Waals surface area contributed by atoms with E-state index in [2.05, 4.69) is 31.8 Å². The van der Waals surface area contributed by atoms with Crippen LogP contribution in [0, 0.1) is 11.3 Å². The zero-order chi connectivity index (χ0) is 32.6. The number of ether oxygens (including phenoxy) is 3. The summed E-state index contributed by atoms with van der Waals surface area (Å²) in [6.45, 7) is 4.14. The summed E-state index contributed by atoms with van der Waals surface area (Å²) >= 11 is 0. The van der Waals surface area contributed by atoms with Crippen LogP contribution in [0.5, 0.6) is 11.5 Å². The lowest BCUT2D eigenvalue weighted by molar-refractivity contribution is -0.136. The number of amides is 2. The number of esters is 1. The van der Waals surface area contributed by atoms with E-state index in [0.717, 1.165) is 22.0 Å². The van der Waals surface area contributed by atoms with Gasteiger partial charge in [-0.3, -0.25) is 5.43 Å². The molecule has 4 N–H and O–H groups in total. The van der Waals surface area contributed by atoms with E-state index in [0.29, 0.717) is 41.5 Å². The van der Waals surface area contributed by atoms with Crippen molar-refractivity contribution in [3.63, 3.8) is 0 Å². The van der Waals surface area contributed by atoms with Crippen LogP contribution in [0.3, 0.4) is 0 Å². The maximum atomic E-state index is 12.5. The lowest BCUT2D eigenvalue weighted by Crippen LogP contribution is -2.45. The Balaban J connectivity index is 1.27. The summed E-state index contributed by atoms with van der Waals surface area (Å²) in [6, 6.07) is 21.4. The molecule has 5 rings (SSSR count). The Hall–Kier alpha value is -5.80. The van der Waals surface area contributed by atoms with Crippen molar-refractivity contribution in [2.75, 3.05) is 20.3 Å². The van der Waals surface area contributed by atoms with Crippen molar-refractivity contribution in [1.29, 1.82) is 5.26 Å². The maximum Gasteiger partial charge on any atom is 0.337 e. The van der Waals surface area contributed by atoms with Gasteiger partial charge in [-0.15, -0.1) is 0 Å². The fourth-order valence-electron chi connectivity index (χ4n) is 5.27. The molecular weight excluding hydrogens is 588 g/mol. The van der Waals surface area contributed by atoms with E-state index in [-0.39, 0.29) is 12.2 Å². The highest BCUT2D eigenvalue weighted by atomic mass is 16.5. The normalized spacial score (nSPS) is 15.2. The van der Waals surface area contributed by atoms with Crippen LogP contribution in [0.15, 0.2) is 89.3 Å². The van der Waals surface area contributed by atoms with Crippen molar-refractivity contribution >= 4 is 29.1 Å². The van der Waals surface area contributed by atoms with Crippen LogP contribution < -0.4 is 25.5 Å². The summed E-state index contributed by atoms with van der Waals surface area (Å²) in [5.41, 5.74) is 7.29. The highest BCUT2D eigenvalue weighted by Crippen LogP contribution is 2.35. The van der Waals surface area contributed by atoms with E-state index in [1.165, 1.54) is 7.11 Å². The third kappa shape index (κ3) is 6.95. The van der Waals surface area contributed by atoms with Gasteiger partial charge in [-0.1, -0.05) is 42.5 Å². The quantitative estimate of drug-likeness (QED) is 0.0796. The molecule has 0 saturated heterocycles. The van der Waals surface area contributed by atoms with E-state index in [1.807, 2.05) is 55.6 Å². The second-order valence-corrected chi connectivity index (χ2v) is 10.4. The number of rotatable bonds is 12. The number of aliphatic hydroxyl groups excluding tert-OH is 1. The first kappa shape index (κ1) is 31.6. The molecule has 2 amide bonds. The second kappa shape index (κ2) is 14.3. The average molecular weight is 623 g/mol. The number of hydrogen-bond donors (Lipinski definition) is 4. The van der Waals surface area contributed by atoms with Crippen molar-refractivity contribution in [3.8, 4) is 17.6 Å². The van der Waals surface area contributed by atoms with Crippen molar-refractivity contribution < 1.29 is 28.9 Å². The first-order valence-corrected chi connectivity index (χ1v) is 14.6. The number of aromatic nitrogens is 1. The Morgan fingerprint density at radius 1 is 1.15 bits per heavy atom. The third-order valence-corrected chi connectivity index (χ3v) is 7.40. The second-order valence-electron chi connectivity index (χ2n) is 10.4. The van der Waals surface area contributed by atoms with Crippen LogP contribution in [0.2, 0.25) is 0 Å². The molecule has 4 aromatic rings. The van der Waals surface area contributed by atoms with Crippen molar-refractivity contribution in [2.24, 2.45) is 5.10 Å². The van der Waals surface area contributed by atoms with Gasteiger partial charge in [0.05, 0.1) is 43.2 Å². The lowest BCUT2D eigenvalue weighted by atomic mass is 9.95. The number of benzene rings is 3. The first-order valence-electron chi connectivity index (χ1n) is 14.6. The minimum atomic E-state index is -1.15. The van der Waals surface area contributed by atoms with Gasteiger partial charge < -0.3 is 34.5 Å². The summed E-state index contributed by atoms with van der Waals surface area (Å²) in [5.74, 6) is 0.157. The molecular formula is C34H34N6O6. The molecule has 12 nitrogen and oxygen atoms in total. The largest absolute Gasteiger partial charge is 0.490 e. The van der Waals surface area contributed by atoms with Gasteiger partial charge in [-0.05, 0) is 49.2 Å². The Bertz CT molecular complexity index is 1860. The number of carbonyl (C=O) groups is 2. The van der Waals surface area contributed by atoms with E-state index >= 15 is 0 Å². The molecule has 0 spiro atoms. The topological polar surface area (TPSA) is 159 Å². The SMILES string of the molecule is CCOc1cc([C@@H]2NC(=O)NC(C)=C2C(=O)OC)ccc1OC[C@@H](O)N/N=C\c1cn(Cc2ccccc2C#N)c2ccccc12. The van der Waals surface area contributed by atoms with Gasteiger partial charge >= 0.3 is 12.0 Å². The molecule has 1 aromatic heterocycles. The van der Waals surface area contributed by atoms with Gasteiger partial charge in [0.1, 0.15) is 6.61 Å². The number of hydrogen-bond acceptors (Lipinski definition) is 9.